The first-order valence-corrected chi connectivity index (χ1v) is 9.78. The highest BCUT2D eigenvalue weighted by molar-refractivity contribution is 7.80. The van der Waals surface area contributed by atoms with Gasteiger partial charge >= 0.3 is 0 Å². The van der Waals surface area contributed by atoms with Crippen LogP contribution in [-0.2, 0) is 0 Å². The number of nitrogens with two attached hydrogens (primary N) is 1. The molecule has 0 aliphatic rings. The molecule has 0 saturated carbocycles. The van der Waals surface area contributed by atoms with Gasteiger partial charge in [0.15, 0.2) is 0 Å². The summed E-state index contributed by atoms with van der Waals surface area (Å²) in [5, 5.41) is 6.22. The van der Waals surface area contributed by atoms with Crippen LogP contribution < -0.4 is 25.8 Å². The predicted molar refractivity (Wildman–Crippen MR) is 133 cm³/mol. The SMILES string of the molecule is C#Cc1ccc(NC(=S)Oc2cc(N)cc(OC(=S)Nc3ccc(C#C)cc3)c2)cc1. The van der Waals surface area contributed by atoms with Crippen LogP contribution in [0.5, 0.6) is 11.5 Å². The van der Waals surface area contributed by atoms with Crippen LogP contribution in [0, 0.1) is 24.7 Å². The van der Waals surface area contributed by atoms with E-state index >= 15 is 0 Å². The third kappa shape index (κ3) is 6.48. The summed E-state index contributed by atoms with van der Waals surface area (Å²) in [5.41, 5.74) is 9.40. The minimum atomic E-state index is 0.138. The molecule has 3 aromatic carbocycles. The molecule has 31 heavy (non-hydrogen) atoms. The smallest absolute Gasteiger partial charge is 0.266 e. The molecule has 0 saturated heterocycles. The Morgan fingerprint density at radius 2 is 1.10 bits per heavy atom. The Balaban J connectivity index is 1.62. The van der Waals surface area contributed by atoms with Gasteiger partial charge in [0.05, 0.1) is 0 Å². The van der Waals surface area contributed by atoms with Crippen molar-refractivity contribution >= 4 is 51.8 Å². The van der Waals surface area contributed by atoms with Crippen LogP contribution in [0.2, 0.25) is 0 Å². The van der Waals surface area contributed by atoms with Gasteiger partial charge in [-0.1, -0.05) is 11.8 Å². The lowest BCUT2D eigenvalue weighted by molar-refractivity contribution is 0.538. The van der Waals surface area contributed by atoms with Crippen LogP contribution in [0.15, 0.2) is 66.7 Å². The van der Waals surface area contributed by atoms with E-state index in [0.717, 1.165) is 22.5 Å². The average Bonchev–Trinajstić information content (AvgIpc) is 2.74. The number of anilines is 3. The van der Waals surface area contributed by atoms with Crippen molar-refractivity contribution in [3.63, 3.8) is 0 Å². The van der Waals surface area contributed by atoms with Gasteiger partial charge in [0.2, 0.25) is 0 Å². The Hall–Kier alpha value is -4.04. The molecule has 0 unspecified atom stereocenters. The second-order valence-electron chi connectivity index (χ2n) is 6.21. The van der Waals surface area contributed by atoms with Crippen LogP contribution in [0.25, 0.3) is 0 Å². The maximum absolute atomic E-state index is 5.95. The highest BCUT2D eigenvalue weighted by Crippen LogP contribution is 2.25. The highest BCUT2D eigenvalue weighted by Gasteiger charge is 2.08. The van der Waals surface area contributed by atoms with Gasteiger partial charge < -0.3 is 25.8 Å². The van der Waals surface area contributed by atoms with Crippen molar-refractivity contribution < 1.29 is 9.47 Å². The Morgan fingerprint density at radius 3 is 1.45 bits per heavy atom. The van der Waals surface area contributed by atoms with Gasteiger partial charge in [-0.3, -0.25) is 0 Å². The molecule has 5 nitrogen and oxygen atoms in total. The number of rotatable bonds is 4. The summed E-state index contributed by atoms with van der Waals surface area (Å²) in [7, 11) is 0. The quantitative estimate of drug-likeness (QED) is 0.304. The molecular formula is C24H17N3O2S2. The zero-order valence-corrected chi connectivity index (χ0v) is 17.8. The third-order valence-corrected chi connectivity index (χ3v) is 4.29. The molecular weight excluding hydrogens is 426 g/mol. The Kier molecular flexibility index (Phi) is 7.08. The maximum atomic E-state index is 5.95. The second kappa shape index (κ2) is 10.1. The first-order valence-electron chi connectivity index (χ1n) is 8.97. The number of thiocarbonyl (C=S) groups is 2. The lowest BCUT2D eigenvalue weighted by Gasteiger charge is -2.13. The molecule has 0 aliphatic carbocycles. The Bertz CT molecular complexity index is 1100. The molecule has 0 aliphatic heterocycles. The molecule has 0 fully saturated rings. The van der Waals surface area contributed by atoms with E-state index in [0.29, 0.717) is 17.2 Å². The molecule has 0 radical (unpaired) electrons. The lowest BCUT2D eigenvalue weighted by Crippen LogP contribution is -2.18. The summed E-state index contributed by atoms with van der Waals surface area (Å²) in [4.78, 5) is 0. The number of ether oxygens (including phenoxy) is 2. The normalized spacial score (nSPS) is 9.61. The van der Waals surface area contributed by atoms with Crippen molar-refractivity contribution in [3.05, 3.63) is 77.9 Å². The van der Waals surface area contributed by atoms with Gasteiger partial charge in [-0.15, -0.1) is 12.8 Å². The molecule has 4 N–H and O–H groups in total. The average molecular weight is 444 g/mol. The van der Waals surface area contributed by atoms with Crippen LogP contribution in [0.1, 0.15) is 11.1 Å². The number of hydrogen-bond donors (Lipinski definition) is 3. The van der Waals surface area contributed by atoms with E-state index in [1.165, 1.54) is 0 Å². The molecule has 0 amide bonds. The van der Waals surface area contributed by atoms with Crippen LogP contribution in [0.4, 0.5) is 17.1 Å². The van der Waals surface area contributed by atoms with E-state index in [2.05, 4.69) is 22.5 Å². The van der Waals surface area contributed by atoms with Gasteiger partial charge in [-0.2, -0.15) is 0 Å². The molecule has 3 aromatic rings. The van der Waals surface area contributed by atoms with Gasteiger partial charge in [0.25, 0.3) is 10.3 Å². The largest absolute Gasteiger partial charge is 0.431 e. The van der Waals surface area contributed by atoms with Crippen molar-refractivity contribution in [1.29, 1.82) is 0 Å². The lowest BCUT2D eigenvalue weighted by atomic mass is 10.2. The van der Waals surface area contributed by atoms with E-state index in [1.807, 2.05) is 0 Å². The first kappa shape index (κ1) is 21.7. The fraction of sp³-hybridized carbons (Fsp3) is 0. The molecule has 0 heterocycles. The molecule has 0 bridgehead atoms. The molecule has 0 aromatic heterocycles. The second-order valence-corrected chi connectivity index (χ2v) is 6.95. The fourth-order valence-electron chi connectivity index (χ4n) is 2.51. The monoisotopic (exact) mass is 443 g/mol. The van der Waals surface area contributed by atoms with E-state index in [-0.39, 0.29) is 10.3 Å². The Labute approximate surface area is 191 Å². The summed E-state index contributed by atoms with van der Waals surface area (Å²) in [6.07, 6.45) is 10.7. The van der Waals surface area contributed by atoms with E-state index < -0.39 is 0 Å². The number of benzene rings is 3. The summed E-state index contributed by atoms with van der Waals surface area (Å²) in [6.45, 7) is 0. The molecule has 152 valence electrons. The van der Waals surface area contributed by atoms with Crippen molar-refractivity contribution in [1.82, 2.24) is 0 Å². The number of nitrogen functional groups attached to an aromatic ring is 1. The zero-order chi connectivity index (χ0) is 22.2. The molecule has 0 spiro atoms. The molecule has 7 heteroatoms. The molecule has 0 atom stereocenters. The Morgan fingerprint density at radius 1 is 0.710 bits per heavy atom. The highest BCUT2D eigenvalue weighted by atomic mass is 32.1. The summed E-state index contributed by atoms with van der Waals surface area (Å²) < 4.78 is 11.3. The van der Waals surface area contributed by atoms with Gasteiger partial charge in [0.1, 0.15) is 11.5 Å². The number of terminal acetylenes is 2. The minimum absolute atomic E-state index is 0.138. The van der Waals surface area contributed by atoms with Crippen LogP contribution in [-0.4, -0.2) is 10.3 Å². The van der Waals surface area contributed by atoms with Gasteiger partial charge in [0, 0.05) is 46.4 Å². The summed E-state index contributed by atoms with van der Waals surface area (Å²) in [5.74, 6) is 5.90. The van der Waals surface area contributed by atoms with Crippen molar-refractivity contribution in [2.45, 2.75) is 0 Å². The topological polar surface area (TPSA) is 68.5 Å². The van der Waals surface area contributed by atoms with E-state index in [9.17, 15) is 0 Å². The minimum Gasteiger partial charge on any atom is -0.431 e. The van der Waals surface area contributed by atoms with E-state index in [1.54, 1.807) is 66.7 Å². The predicted octanol–water partition coefficient (Wildman–Crippen LogP) is 4.78. The van der Waals surface area contributed by atoms with Crippen molar-refractivity contribution in [2.75, 3.05) is 16.4 Å². The summed E-state index contributed by atoms with van der Waals surface area (Å²) >= 11 is 10.5. The number of hydrogen-bond acceptors (Lipinski definition) is 5. The third-order valence-electron chi connectivity index (χ3n) is 3.92. The first-order chi connectivity index (χ1) is 14.9. The van der Waals surface area contributed by atoms with Crippen LogP contribution in [0.3, 0.4) is 0 Å². The van der Waals surface area contributed by atoms with Gasteiger partial charge in [-0.25, -0.2) is 0 Å². The van der Waals surface area contributed by atoms with Crippen molar-refractivity contribution in [2.24, 2.45) is 0 Å². The summed E-state index contributed by atoms with van der Waals surface area (Å²) in [6, 6.07) is 19.3. The molecule has 3 rings (SSSR count). The zero-order valence-electron chi connectivity index (χ0n) is 16.2. The standard InChI is InChI=1S/C24H17N3O2S2/c1-3-16-5-9-19(10-6-16)26-23(30)28-21-13-18(25)14-22(15-21)29-24(31)27-20-11-7-17(4-2)8-12-20/h1-2,5-15H,25H2,(H,26,30)(H,27,31). The fourth-order valence-corrected chi connectivity index (χ4v) is 2.94. The number of nitrogens with one attached hydrogen (secondary N) is 2. The van der Waals surface area contributed by atoms with Crippen molar-refractivity contribution in [3.8, 4) is 36.2 Å². The maximum Gasteiger partial charge on any atom is 0.266 e. The van der Waals surface area contributed by atoms with Gasteiger partial charge in [-0.05, 0) is 73.0 Å². The van der Waals surface area contributed by atoms with E-state index in [4.69, 9.17) is 52.5 Å². The van der Waals surface area contributed by atoms with Crippen LogP contribution >= 0.6 is 24.4 Å².